The number of thiazole rings is 1. The standard InChI is InChI=1S/C35H36N2O3S3/c1-5-26-18-20-32-31(24-26)37(21-8-9-23-43(38,39)40)34(42-32)16-10-15-33-35(2,3)29-19-17-27(25-30(29)36(33)4)12-6-7-13-28-14-11-22-41-28/h5-7,10-20,22,24-25H,1,8-9,21,23H2,2-4H3/b12-6+,13-7+. The van der Waals surface area contributed by atoms with Crippen molar-refractivity contribution in [1.82, 2.24) is 0 Å². The van der Waals surface area contributed by atoms with Gasteiger partial charge in [0.2, 0.25) is 5.52 Å². The van der Waals surface area contributed by atoms with E-state index in [2.05, 4.69) is 127 Å². The maximum Gasteiger partial charge on any atom is 0.262 e. The van der Waals surface area contributed by atoms with Crippen molar-refractivity contribution in [2.45, 2.75) is 38.6 Å². The van der Waals surface area contributed by atoms with E-state index in [9.17, 15) is 13.0 Å². The van der Waals surface area contributed by atoms with Crippen LogP contribution in [-0.4, -0.2) is 25.8 Å². The SMILES string of the molecule is C=Cc1ccc2sc(/C=C/C=C3\N(C)c4cc(/C=C/C=C/c5cccs5)ccc4C3(C)C)[n+](CCCCS(=O)(=O)[O-])c2c1. The molecule has 0 radical (unpaired) electrons. The monoisotopic (exact) mass is 628 g/mol. The fraction of sp³-hybridized carbons (Fsp3) is 0.229. The van der Waals surface area contributed by atoms with Gasteiger partial charge in [-0.1, -0.05) is 86.4 Å². The molecule has 0 amide bonds. The molecule has 5 nitrogen and oxygen atoms in total. The zero-order valence-corrected chi connectivity index (χ0v) is 27.1. The summed E-state index contributed by atoms with van der Waals surface area (Å²) in [6.07, 6.45) is 17.6. The molecule has 43 heavy (non-hydrogen) atoms. The molecule has 5 rings (SSSR count). The Hall–Kier alpha value is -3.56. The van der Waals surface area contributed by atoms with Gasteiger partial charge in [0.15, 0.2) is 6.54 Å². The number of rotatable bonds is 11. The van der Waals surface area contributed by atoms with Crippen LogP contribution >= 0.6 is 22.7 Å². The Morgan fingerprint density at radius 2 is 1.79 bits per heavy atom. The lowest BCUT2D eigenvalue weighted by molar-refractivity contribution is -0.669. The molecule has 0 atom stereocenters. The normalized spacial score (nSPS) is 16.0. The van der Waals surface area contributed by atoms with Crippen molar-refractivity contribution in [2.24, 2.45) is 0 Å². The van der Waals surface area contributed by atoms with Crippen LogP contribution in [0.4, 0.5) is 5.69 Å². The third-order valence-corrected chi connectivity index (χ3v) is 10.5. The summed E-state index contributed by atoms with van der Waals surface area (Å²) in [6, 6.07) is 17.1. The van der Waals surface area contributed by atoms with E-state index in [-0.39, 0.29) is 11.2 Å². The smallest absolute Gasteiger partial charge is 0.262 e. The first kappa shape index (κ1) is 30.9. The van der Waals surface area contributed by atoms with Crippen LogP contribution in [0.3, 0.4) is 0 Å². The molecule has 222 valence electrons. The summed E-state index contributed by atoms with van der Waals surface area (Å²) in [4.78, 5) is 3.51. The van der Waals surface area contributed by atoms with Gasteiger partial charge < -0.3 is 9.45 Å². The highest BCUT2D eigenvalue weighted by molar-refractivity contribution is 7.85. The second-order valence-corrected chi connectivity index (χ2v) is 14.7. The Morgan fingerprint density at radius 3 is 2.53 bits per heavy atom. The van der Waals surface area contributed by atoms with Crippen molar-refractivity contribution in [3.63, 3.8) is 0 Å². The first-order valence-corrected chi connectivity index (χ1v) is 17.5. The number of unbranched alkanes of at least 4 members (excludes halogenated alkanes) is 1. The van der Waals surface area contributed by atoms with E-state index in [1.54, 1.807) is 22.7 Å². The summed E-state index contributed by atoms with van der Waals surface area (Å²) in [6.45, 7) is 9.05. The number of hydrogen-bond donors (Lipinski definition) is 0. The molecule has 2 aromatic heterocycles. The molecule has 2 aromatic carbocycles. The molecule has 0 saturated carbocycles. The van der Waals surface area contributed by atoms with Crippen LogP contribution in [0.15, 0.2) is 90.5 Å². The predicted octanol–water partition coefficient (Wildman–Crippen LogP) is 8.27. The molecule has 0 aliphatic carbocycles. The van der Waals surface area contributed by atoms with Crippen LogP contribution in [0, 0.1) is 0 Å². The molecular formula is C35H36N2O3S3. The Labute approximate surface area is 262 Å². The van der Waals surface area contributed by atoms with Gasteiger partial charge in [0.25, 0.3) is 5.01 Å². The third-order valence-electron chi connectivity index (χ3n) is 7.77. The molecule has 8 heteroatoms. The molecule has 4 aromatic rings. The van der Waals surface area contributed by atoms with Crippen LogP contribution in [0.1, 0.15) is 53.3 Å². The van der Waals surface area contributed by atoms with Gasteiger partial charge in [-0.15, -0.1) is 11.3 Å². The zero-order chi connectivity index (χ0) is 30.6. The number of benzene rings is 2. The molecule has 0 spiro atoms. The number of thiophene rings is 1. The number of fused-ring (bicyclic) bond motifs is 2. The fourth-order valence-electron chi connectivity index (χ4n) is 5.54. The molecule has 0 unspecified atom stereocenters. The van der Waals surface area contributed by atoms with Crippen molar-refractivity contribution >= 4 is 73.0 Å². The van der Waals surface area contributed by atoms with Crippen LogP contribution in [0.2, 0.25) is 0 Å². The average molecular weight is 629 g/mol. The Bertz CT molecular complexity index is 1860. The minimum Gasteiger partial charge on any atom is -0.748 e. The number of allylic oxidation sites excluding steroid dienone is 5. The van der Waals surface area contributed by atoms with Crippen LogP contribution in [0.5, 0.6) is 0 Å². The number of hydrogen-bond acceptors (Lipinski definition) is 6. The first-order chi connectivity index (χ1) is 20.6. The molecule has 1 aliphatic heterocycles. The summed E-state index contributed by atoms with van der Waals surface area (Å²) < 4.78 is 36.7. The molecular weight excluding hydrogens is 593 g/mol. The van der Waals surface area contributed by atoms with Crippen molar-refractivity contribution in [3.05, 3.63) is 117 Å². The Kier molecular flexibility index (Phi) is 9.32. The van der Waals surface area contributed by atoms with E-state index in [1.807, 2.05) is 12.1 Å². The maximum atomic E-state index is 11.1. The maximum absolute atomic E-state index is 11.1. The second kappa shape index (κ2) is 13.0. The van der Waals surface area contributed by atoms with Gasteiger partial charge in [0.05, 0.1) is 10.1 Å². The van der Waals surface area contributed by atoms with E-state index in [1.165, 1.54) is 21.8 Å². The second-order valence-electron chi connectivity index (χ2n) is 11.1. The lowest BCUT2D eigenvalue weighted by Gasteiger charge is -2.23. The lowest BCUT2D eigenvalue weighted by atomic mass is 9.83. The summed E-state index contributed by atoms with van der Waals surface area (Å²) in [5, 5.41) is 3.15. The van der Waals surface area contributed by atoms with Gasteiger partial charge in [-0.2, -0.15) is 4.57 Å². The molecule has 1 aliphatic rings. The van der Waals surface area contributed by atoms with Crippen LogP contribution in [-0.2, 0) is 22.1 Å². The third kappa shape index (κ3) is 7.16. The highest BCUT2D eigenvalue weighted by atomic mass is 32.2. The average Bonchev–Trinajstić information content (AvgIpc) is 3.66. The van der Waals surface area contributed by atoms with Crippen molar-refractivity contribution in [1.29, 1.82) is 0 Å². The first-order valence-electron chi connectivity index (χ1n) is 14.2. The quantitative estimate of drug-likeness (QED) is 0.0726. The summed E-state index contributed by atoms with van der Waals surface area (Å²) in [5.41, 5.74) is 6.81. The van der Waals surface area contributed by atoms with E-state index in [4.69, 9.17) is 0 Å². The van der Waals surface area contributed by atoms with E-state index in [0.29, 0.717) is 19.4 Å². The van der Waals surface area contributed by atoms with E-state index in [0.717, 1.165) is 26.4 Å². The van der Waals surface area contributed by atoms with Gasteiger partial charge in [-0.05, 0) is 58.8 Å². The molecule has 0 bridgehead atoms. The number of aryl methyl sites for hydroxylation is 1. The topological polar surface area (TPSA) is 64.3 Å². The Morgan fingerprint density at radius 1 is 1.00 bits per heavy atom. The van der Waals surface area contributed by atoms with Crippen molar-refractivity contribution in [3.8, 4) is 0 Å². The molecule has 0 N–H and O–H groups in total. The lowest BCUT2D eigenvalue weighted by Crippen LogP contribution is -2.35. The number of aromatic nitrogens is 1. The van der Waals surface area contributed by atoms with E-state index >= 15 is 0 Å². The summed E-state index contributed by atoms with van der Waals surface area (Å²) in [5.74, 6) is -0.337. The van der Waals surface area contributed by atoms with Crippen LogP contribution in [0.25, 0.3) is 34.5 Å². The summed E-state index contributed by atoms with van der Waals surface area (Å²) in [7, 11) is -2.09. The van der Waals surface area contributed by atoms with Crippen molar-refractivity contribution in [2.75, 3.05) is 17.7 Å². The molecule has 3 heterocycles. The minimum absolute atomic E-state index is 0.158. The Balaban J connectivity index is 1.38. The molecule has 0 fully saturated rings. The van der Waals surface area contributed by atoms with Crippen molar-refractivity contribution < 1.29 is 17.5 Å². The highest BCUT2D eigenvalue weighted by Crippen LogP contribution is 2.47. The fourth-order valence-corrected chi connectivity index (χ4v) is 7.81. The van der Waals surface area contributed by atoms with Crippen LogP contribution < -0.4 is 9.47 Å². The predicted molar refractivity (Wildman–Crippen MR) is 183 cm³/mol. The van der Waals surface area contributed by atoms with E-state index < -0.39 is 10.1 Å². The minimum atomic E-state index is -4.21. The van der Waals surface area contributed by atoms with Gasteiger partial charge >= 0.3 is 0 Å². The number of anilines is 1. The highest BCUT2D eigenvalue weighted by Gasteiger charge is 2.38. The number of nitrogens with zero attached hydrogens (tertiary/aromatic N) is 2. The zero-order valence-electron chi connectivity index (χ0n) is 24.7. The van der Waals surface area contributed by atoms with Gasteiger partial charge in [0.1, 0.15) is 4.70 Å². The van der Waals surface area contributed by atoms with Gasteiger partial charge in [-0.3, -0.25) is 0 Å². The van der Waals surface area contributed by atoms with Gasteiger partial charge in [-0.25, -0.2) is 8.42 Å². The largest absolute Gasteiger partial charge is 0.748 e. The number of likely N-dealkylation sites (N-methyl/N-ethyl adjacent to an activating group) is 1. The summed E-state index contributed by atoms with van der Waals surface area (Å²) >= 11 is 3.42. The molecule has 0 saturated heterocycles. The van der Waals surface area contributed by atoms with Gasteiger partial charge in [0, 0.05) is 53.0 Å².